The highest BCUT2D eigenvalue weighted by molar-refractivity contribution is 7.90. The van der Waals surface area contributed by atoms with E-state index in [1.807, 2.05) is 0 Å². The Morgan fingerprint density at radius 2 is 1.86 bits per heavy atom. The largest absolute Gasteiger partial charge is 0.386 e. The Balaban J connectivity index is 3.56. The van der Waals surface area contributed by atoms with E-state index in [-0.39, 0.29) is 4.90 Å². The molecule has 1 aromatic carbocycles. The van der Waals surface area contributed by atoms with E-state index in [9.17, 15) is 8.42 Å². The molecule has 0 heterocycles. The molecule has 0 aliphatic rings. The van der Waals surface area contributed by atoms with Crippen LogP contribution in [-0.2, 0) is 9.84 Å². The summed E-state index contributed by atoms with van der Waals surface area (Å²) in [5.74, 6) is 0. The summed E-state index contributed by atoms with van der Waals surface area (Å²) in [5.41, 5.74) is 0.374. The number of sulfone groups is 1. The third kappa shape index (κ3) is 2.32. The zero-order chi connectivity index (χ0) is 10.9. The molecule has 0 unspecified atom stereocenters. The van der Waals surface area contributed by atoms with Gasteiger partial charge in [0.15, 0.2) is 9.84 Å². The standard InChI is InChI=1S/C8H9Cl2NO2S/c1-11-8-6(10)3-5(9)4-7(8)14(2,12)13/h3-4,11H,1-2H3. The van der Waals surface area contributed by atoms with Crippen molar-refractivity contribution in [3.63, 3.8) is 0 Å². The number of rotatable bonds is 2. The fourth-order valence-corrected chi connectivity index (χ4v) is 2.72. The van der Waals surface area contributed by atoms with E-state index in [2.05, 4.69) is 5.32 Å². The average Bonchev–Trinajstić information content (AvgIpc) is 2.01. The van der Waals surface area contributed by atoms with Crippen molar-refractivity contribution in [1.29, 1.82) is 0 Å². The van der Waals surface area contributed by atoms with Gasteiger partial charge in [-0.3, -0.25) is 0 Å². The van der Waals surface area contributed by atoms with Crippen molar-refractivity contribution in [3.8, 4) is 0 Å². The molecule has 1 rings (SSSR count). The minimum absolute atomic E-state index is 0.109. The number of nitrogens with one attached hydrogen (secondary N) is 1. The number of hydrogen-bond donors (Lipinski definition) is 1. The molecule has 0 saturated carbocycles. The number of halogens is 2. The summed E-state index contributed by atoms with van der Waals surface area (Å²) in [4.78, 5) is 0.109. The smallest absolute Gasteiger partial charge is 0.177 e. The maximum absolute atomic E-state index is 11.4. The normalized spacial score (nSPS) is 11.4. The van der Waals surface area contributed by atoms with Gasteiger partial charge in [0.25, 0.3) is 0 Å². The van der Waals surface area contributed by atoms with Gasteiger partial charge in [0.05, 0.1) is 15.6 Å². The Morgan fingerprint density at radius 1 is 1.29 bits per heavy atom. The van der Waals surface area contributed by atoms with Gasteiger partial charge < -0.3 is 5.32 Å². The molecule has 1 N–H and O–H groups in total. The first-order valence-corrected chi connectivity index (χ1v) is 6.38. The van der Waals surface area contributed by atoms with Crippen molar-refractivity contribution in [2.45, 2.75) is 4.90 Å². The lowest BCUT2D eigenvalue weighted by atomic mass is 10.3. The molecule has 1 aromatic rings. The number of benzene rings is 1. The van der Waals surface area contributed by atoms with Crippen molar-refractivity contribution in [2.75, 3.05) is 18.6 Å². The van der Waals surface area contributed by atoms with Gasteiger partial charge in [-0.2, -0.15) is 0 Å². The summed E-state index contributed by atoms with van der Waals surface area (Å²) in [6, 6.07) is 2.86. The SMILES string of the molecule is CNc1c(Cl)cc(Cl)cc1S(C)(=O)=O. The minimum atomic E-state index is -3.32. The van der Waals surface area contributed by atoms with E-state index < -0.39 is 9.84 Å². The summed E-state index contributed by atoms with van der Waals surface area (Å²) in [6.45, 7) is 0. The Labute approximate surface area is 92.9 Å². The summed E-state index contributed by atoms with van der Waals surface area (Å²) in [7, 11) is -1.72. The topological polar surface area (TPSA) is 46.2 Å². The molecule has 0 bridgehead atoms. The molecule has 0 aromatic heterocycles. The van der Waals surface area contributed by atoms with E-state index in [0.717, 1.165) is 6.26 Å². The molecule has 0 aliphatic heterocycles. The highest BCUT2D eigenvalue weighted by Crippen LogP contribution is 2.32. The van der Waals surface area contributed by atoms with Gasteiger partial charge in [0, 0.05) is 18.3 Å². The van der Waals surface area contributed by atoms with E-state index in [0.29, 0.717) is 15.7 Å². The number of anilines is 1. The zero-order valence-electron chi connectivity index (χ0n) is 7.64. The monoisotopic (exact) mass is 253 g/mol. The summed E-state index contributed by atoms with van der Waals surface area (Å²) < 4.78 is 22.7. The number of hydrogen-bond acceptors (Lipinski definition) is 3. The maximum Gasteiger partial charge on any atom is 0.177 e. The van der Waals surface area contributed by atoms with Crippen LogP contribution in [0.5, 0.6) is 0 Å². The van der Waals surface area contributed by atoms with Crippen LogP contribution in [0.3, 0.4) is 0 Å². The Kier molecular flexibility index (Phi) is 3.29. The molecule has 0 aliphatic carbocycles. The molecular formula is C8H9Cl2NO2S. The predicted octanol–water partition coefficient (Wildman–Crippen LogP) is 2.44. The molecule has 0 spiro atoms. The van der Waals surface area contributed by atoms with Crippen LogP contribution in [0.25, 0.3) is 0 Å². The fraction of sp³-hybridized carbons (Fsp3) is 0.250. The van der Waals surface area contributed by atoms with Gasteiger partial charge in [-0.25, -0.2) is 8.42 Å². The molecular weight excluding hydrogens is 245 g/mol. The van der Waals surface area contributed by atoms with Gasteiger partial charge in [-0.1, -0.05) is 23.2 Å². The van der Waals surface area contributed by atoms with Crippen molar-refractivity contribution >= 4 is 38.7 Å². The van der Waals surface area contributed by atoms with Crippen molar-refractivity contribution in [3.05, 3.63) is 22.2 Å². The first-order valence-electron chi connectivity index (χ1n) is 3.73. The van der Waals surface area contributed by atoms with Gasteiger partial charge in [-0.15, -0.1) is 0 Å². The van der Waals surface area contributed by atoms with Crippen molar-refractivity contribution in [2.24, 2.45) is 0 Å². The van der Waals surface area contributed by atoms with Crippen LogP contribution in [-0.4, -0.2) is 21.7 Å². The third-order valence-corrected chi connectivity index (χ3v) is 3.31. The molecule has 0 radical (unpaired) electrons. The van der Waals surface area contributed by atoms with Crippen LogP contribution in [0.15, 0.2) is 17.0 Å². The van der Waals surface area contributed by atoms with Gasteiger partial charge in [0.2, 0.25) is 0 Å². The van der Waals surface area contributed by atoms with E-state index in [1.54, 1.807) is 7.05 Å². The highest BCUT2D eigenvalue weighted by atomic mass is 35.5. The van der Waals surface area contributed by atoms with Gasteiger partial charge in [0.1, 0.15) is 0 Å². The second-order valence-electron chi connectivity index (χ2n) is 2.78. The maximum atomic E-state index is 11.4. The van der Waals surface area contributed by atoms with Crippen molar-refractivity contribution in [1.82, 2.24) is 0 Å². The van der Waals surface area contributed by atoms with Crippen LogP contribution in [0.1, 0.15) is 0 Å². The lowest BCUT2D eigenvalue weighted by Crippen LogP contribution is -2.03. The molecule has 6 heteroatoms. The summed E-state index contributed by atoms with van der Waals surface area (Å²) >= 11 is 11.5. The lowest BCUT2D eigenvalue weighted by Gasteiger charge is -2.09. The second kappa shape index (κ2) is 3.96. The van der Waals surface area contributed by atoms with E-state index in [4.69, 9.17) is 23.2 Å². The van der Waals surface area contributed by atoms with E-state index >= 15 is 0 Å². The highest BCUT2D eigenvalue weighted by Gasteiger charge is 2.16. The fourth-order valence-electron chi connectivity index (χ4n) is 1.09. The molecule has 0 saturated heterocycles. The molecule has 14 heavy (non-hydrogen) atoms. The summed E-state index contributed by atoms with van der Waals surface area (Å²) in [5, 5.41) is 3.32. The van der Waals surface area contributed by atoms with Crippen LogP contribution in [0.2, 0.25) is 10.0 Å². The molecule has 0 fully saturated rings. The van der Waals surface area contributed by atoms with Crippen LogP contribution in [0.4, 0.5) is 5.69 Å². The zero-order valence-corrected chi connectivity index (χ0v) is 9.96. The van der Waals surface area contributed by atoms with Crippen LogP contribution < -0.4 is 5.32 Å². The molecule has 3 nitrogen and oxygen atoms in total. The first kappa shape index (κ1) is 11.6. The Hall–Kier alpha value is -0.450. The quantitative estimate of drug-likeness (QED) is 0.881. The molecule has 78 valence electrons. The minimum Gasteiger partial charge on any atom is -0.386 e. The third-order valence-electron chi connectivity index (χ3n) is 1.67. The Bertz CT molecular complexity index is 457. The molecule has 0 amide bonds. The van der Waals surface area contributed by atoms with Crippen LogP contribution in [0, 0.1) is 0 Å². The predicted molar refractivity (Wildman–Crippen MR) is 59.1 cm³/mol. The van der Waals surface area contributed by atoms with Crippen LogP contribution >= 0.6 is 23.2 Å². The lowest BCUT2D eigenvalue weighted by molar-refractivity contribution is 0.602. The second-order valence-corrected chi connectivity index (χ2v) is 5.61. The Morgan fingerprint density at radius 3 is 2.29 bits per heavy atom. The first-order chi connectivity index (χ1) is 6.36. The van der Waals surface area contributed by atoms with Gasteiger partial charge in [-0.05, 0) is 12.1 Å². The molecule has 0 atom stereocenters. The summed E-state index contributed by atoms with van der Waals surface area (Å²) in [6.07, 6.45) is 1.11. The van der Waals surface area contributed by atoms with E-state index in [1.165, 1.54) is 12.1 Å². The van der Waals surface area contributed by atoms with Gasteiger partial charge >= 0.3 is 0 Å². The van der Waals surface area contributed by atoms with Crippen molar-refractivity contribution < 1.29 is 8.42 Å². The average molecular weight is 254 g/mol.